The Morgan fingerprint density at radius 2 is 2.09 bits per heavy atom. The summed E-state index contributed by atoms with van der Waals surface area (Å²) in [7, 11) is 0. The predicted molar refractivity (Wildman–Crippen MR) is 91.7 cm³/mol. The summed E-state index contributed by atoms with van der Waals surface area (Å²) >= 11 is 0. The highest BCUT2D eigenvalue weighted by molar-refractivity contribution is 5.97. The molecule has 1 fully saturated rings. The van der Waals surface area contributed by atoms with Gasteiger partial charge in [-0.1, -0.05) is 24.8 Å². The third-order valence-corrected chi connectivity index (χ3v) is 4.04. The van der Waals surface area contributed by atoms with Crippen LogP contribution in [0.5, 0.6) is 5.75 Å². The Morgan fingerprint density at radius 3 is 2.68 bits per heavy atom. The molecule has 4 nitrogen and oxygen atoms in total. The molecule has 22 heavy (non-hydrogen) atoms. The van der Waals surface area contributed by atoms with Gasteiger partial charge in [-0.25, -0.2) is 0 Å². The number of ether oxygens (including phenoxy) is 1. The summed E-state index contributed by atoms with van der Waals surface area (Å²) in [5, 5.41) is 0. The van der Waals surface area contributed by atoms with Crippen LogP contribution in [-0.4, -0.2) is 36.5 Å². The van der Waals surface area contributed by atoms with Crippen molar-refractivity contribution in [2.75, 3.05) is 19.7 Å². The SMILES string of the molecule is C=CCOc1ccccc1C(=O)N1CCC(C(C)N)CC1.Cl. The van der Waals surface area contributed by atoms with E-state index >= 15 is 0 Å². The summed E-state index contributed by atoms with van der Waals surface area (Å²) in [6.45, 7) is 7.60. The van der Waals surface area contributed by atoms with Crippen LogP contribution in [0.1, 0.15) is 30.1 Å². The molecule has 0 aromatic heterocycles. The van der Waals surface area contributed by atoms with Gasteiger partial charge in [-0.05, 0) is 37.8 Å². The van der Waals surface area contributed by atoms with Crippen LogP contribution in [0.25, 0.3) is 0 Å². The van der Waals surface area contributed by atoms with Crippen molar-refractivity contribution in [1.29, 1.82) is 0 Å². The zero-order valence-corrected chi connectivity index (χ0v) is 13.8. The smallest absolute Gasteiger partial charge is 0.257 e. The first-order valence-corrected chi connectivity index (χ1v) is 7.51. The molecule has 1 heterocycles. The Hall–Kier alpha value is -1.52. The number of nitrogens with two attached hydrogens (primary N) is 1. The molecule has 2 rings (SSSR count). The zero-order chi connectivity index (χ0) is 15.2. The second kappa shape index (κ2) is 8.81. The molecule has 0 saturated carbocycles. The van der Waals surface area contributed by atoms with E-state index in [1.54, 1.807) is 6.08 Å². The number of hydrogen-bond acceptors (Lipinski definition) is 3. The van der Waals surface area contributed by atoms with Gasteiger partial charge in [-0.3, -0.25) is 4.79 Å². The third kappa shape index (κ3) is 4.49. The highest BCUT2D eigenvalue weighted by Gasteiger charge is 2.26. The largest absolute Gasteiger partial charge is 0.489 e. The number of nitrogens with zero attached hydrogens (tertiary/aromatic N) is 1. The van der Waals surface area contributed by atoms with Gasteiger partial charge in [0.15, 0.2) is 0 Å². The van der Waals surface area contributed by atoms with E-state index in [9.17, 15) is 4.79 Å². The molecule has 1 aromatic rings. The maximum absolute atomic E-state index is 12.6. The predicted octanol–water partition coefficient (Wildman–Crippen LogP) is 2.87. The second-order valence-electron chi connectivity index (χ2n) is 5.58. The molecule has 1 aliphatic heterocycles. The van der Waals surface area contributed by atoms with E-state index in [0.717, 1.165) is 25.9 Å². The topological polar surface area (TPSA) is 55.6 Å². The van der Waals surface area contributed by atoms with Gasteiger partial charge in [0.25, 0.3) is 5.91 Å². The minimum Gasteiger partial charge on any atom is -0.489 e. The fourth-order valence-electron chi connectivity index (χ4n) is 2.72. The zero-order valence-electron chi connectivity index (χ0n) is 13.0. The quantitative estimate of drug-likeness (QED) is 0.847. The molecule has 5 heteroatoms. The Balaban J connectivity index is 0.00000242. The number of amides is 1. The molecule has 2 N–H and O–H groups in total. The number of halogens is 1. The fourth-order valence-corrected chi connectivity index (χ4v) is 2.72. The van der Waals surface area contributed by atoms with Crippen molar-refractivity contribution < 1.29 is 9.53 Å². The van der Waals surface area contributed by atoms with Gasteiger partial charge in [0.2, 0.25) is 0 Å². The van der Waals surface area contributed by atoms with Crippen molar-refractivity contribution in [1.82, 2.24) is 4.90 Å². The number of carbonyl (C=O) groups excluding carboxylic acids is 1. The van der Waals surface area contributed by atoms with Gasteiger partial charge in [0.05, 0.1) is 5.56 Å². The number of hydrogen-bond donors (Lipinski definition) is 1. The van der Waals surface area contributed by atoms with Crippen molar-refractivity contribution in [2.24, 2.45) is 11.7 Å². The molecule has 1 unspecified atom stereocenters. The molecule has 1 atom stereocenters. The van der Waals surface area contributed by atoms with Crippen LogP contribution in [-0.2, 0) is 0 Å². The number of piperidine rings is 1. The normalized spacial score (nSPS) is 16.5. The minimum atomic E-state index is 0. The molecule has 0 aliphatic carbocycles. The highest BCUT2D eigenvalue weighted by atomic mass is 35.5. The van der Waals surface area contributed by atoms with Crippen LogP contribution in [0.2, 0.25) is 0 Å². The Morgan fingerprint density at radius 1 is 1.45 bits per heavy atom. The number of carbonyl (C=O) groups is 1. The summed E-state index contributed by atoms with van der Waals surface area (Å²) in [4.78, 5) is 14.5. The van der Waals surface area contributed by atoms with Gasteiger partial charge in [0.1, 0.15) is 12.4 Å². The Labute approximate surface area is 138 Å². The van der Waals surface area contributed by atoms with Crippen molar-refractivity contribution in [3.05, 3.63) is 42.5 Å². The first-order chi connectivity index (χ1) is 10.1. The maximum atomic E-state index is 12.6. The average Bonchev–Trinajstić information content (AvgIpc) is 2.52. The van der Waals surface area contributed by atoms with Crippen molar-refractivity contribution in [3.8, 4) is 5.75 Å². The van der Waals surface area contributed by atoms with E-state index in [1.807, 2.05) is 36.1 Å². The first-order valence-electron chi connectivity index (χ1n) is 7.51. The van der Waals surface area contributed by atoms with Gasteiger partial charge >= 0.3 is 0 Å². The lowest BCUT2D eigenvalue weighted by molar-refractivity contribution is 0.0677. The molecule has 0 radical (unpaired) electrons. The highest BCUT2D eigenvalue weighted by Crippen LogP contribution is 2.24. The molecule has 1 saturated heterocycles. The van der Waals surface area contributed by atoms with Gasteiger partial charge in [0, 0.05) is 19.1 Å². The molecule has 122 valence electrons. The van der Waals surface area contributed by atoms with Crippen LogP contribution >= 0.6 is 12.4 Å². The van der Waals surface area contributed by atoms with Crippen LogP contribution in [0.3, 0.4) is 0 Å². The van der Waals surface area contributed by atoms with E-state index in [1.165, 1.54) is 0 Å². The van der Waals surface area contributed by atoms with Crippen LogP contribution < -0.4 is 10.5 Å². The Bertz CT molecular complexity index is 497. The standard InChI is InChI=1S/C17H24N2O2.ClH/c1-3-12-21-16-7-5-4-6-15(16)17(20)19-10-8-14(9-11-19)13(2)18;/h3-7,13-14H,1,8-12,18H2,2H3;1H. The molecule has 0 spiro atoms. The van der Waals surface area contributed by atoms with Crippen molar-refractivity contribution in [2.45, 2.75) is 25.8 Å². The number of likely N-dealkylation sites (tertiary alicyclic amines) is 1. The fraction of sp³-hybridized carbons (Fsp3) is 0.471. The van der Waals surface area contributed by atoms with Crippen LogP contribution in [0, 0.1) is 5.92 Å². The molecule has 1 amide bonds. The second-order valence-corrected chi connectivity index (χ2v) is 5.58. The lowest BCUT2D eigenvalue weighted by Gasteiger charge is -2.34. The molecular weight excluding hydrogens is 300 g/mol. The molecule has 1 aromatic carbocycles. The number of para-hydroxylation sites is 1. The summed E-state index contributed by atoms with van der Waals surface area (Å²) in [5.74, 6) is 1.18. The summed E-state index contributed by atoms with van der Waals surface area (Å²) in [5.41, 5.74) is 6.57. The van der Waals surface area contributed by atoms with E-state index in [-0.39, 0.29) is 24.4 Å². The van der Waals surface area contributed by atoms with E-state index in [0.29, 0.717) is 23.8 Å². The monoisotopic (exact) mass is 324 g/mol. The van der Waals surface area contributed by atoms with Crippen molar-refractivity contribution >= 4 is 18.3 Å². The van der Waals surface area contributed by atoms with Crippen LogP contribution in [0.15, 0.2) is 36.9 Å². The summed E-state index contributed by atoms with van der Waals surface area (Å²) < 4.78 is 5.57. The number of rotatable bonds is 5. The van der Waals surface area contributed by atoms with E-state index in [4.69, 9.17) is 10.5 Å². The summed E-state index contributed by atoms with van der Waals surface area (Å²) in [6, 6.07) is 7.58. The van der Waals surface area contributed by atoms with Crippen LogP contribution in [0.4, 0.5) is 0 Å². The van der Waals surface area contributed by atoms with Gasteiger partial charge in [-0.2, -0.15) is 0 Å². The third-order valence-electron chi connectivity index (χ3n) is 4.04. The lowest BCUT2D eigenvalue weighted by Crippen LogP contribution is -2.42. The van der Waals surface area contributed by atoms with E-state index < -0.39 is 0 Å². The Kier molecular flexibility index (Phi) is 7.42. The summed E-state index contributed by atoms with van der Waals surface area (Å²) in [6.07, 6.45) is 3.62. The molecule has 0 bridgehead atoms. The molecular formula is C17H25ClN2O2. The maximum Gasteiger partial charge on any atom is 0.257 e. The average molecular weight is 325 g/mol. The van der Waals surface area contributed by atoms with Gasteiger partial charge < -0.3 is 15.4 Å². The minimum absolute atomic E-state index is 0. The van der Waals surface area contributed by atoms with Gasteiger partial charge in [-0.15, -0.1) is 12.4 Å². The first kappa shape index (κ1) is 18.5. The van der Waals surface area contributed by atoms with E-state index in [2.05, 4.69) is 6.58 Å². The molecule has 1 aliphatic rings. The lowest BCUT2D eigenvalue weighted by atomic mass is 9.90. The van der Waals surface area contributed by atoms with Crippen molar-refractivity contribution in [3.63, 3.8) is 0 Å². The number of benzene rings is 1.